The molecular weight excluding hydrogens is 208 g/mol. The lowest BCUT2D eigenvalue weighted by Gasteiger charge is -2.09. The zero-order valence-electron chi connectivity index (χ0n) is 8.42. The number of ether oxygens (including phenoxy) is 1. The monoisotopic (exact) mass is 218 g/mol. The molecule has 0 amide bonds. The fraction of sp³-hybridized carbons (Fsp3) is 0.167. The quantitative estimate of drug-likeness (QED) is 0.778. The summed E-state index contributed by atoms with van der Waals surface area (Å²) in [5.41, 5.74) is 1.98. The molecule has 0 fully saturated rings. The van der Waals surface area contributed by atoms with Crippen molar-refractivity contribution in [2.24, 2.45) is 0 Å². The summed E-state index contributed by atoms with van der Waals surface area (Å²) in [6, 6.07) is 6.75. The fourth-order valence-corrected chi connectivity index (χ4v) is 1.66. The maximum absolute atomic E-state index is 10.9. The van der Waals surface area contributed by atoms with Crippen LogP contribution in [0.3, 0.4) is 0 Å². The van der Waals surface area contributed by atoms with Crippen molar-refractivity contribution in [2.75, 3.05) is 6.61 Å². The Bertz CT molecular complexity index is 445. The molecule has 0 bridgehead atoms. The van der Waals surface area contributed by atoms with Crippen molar-refractivity contribution >= 4 is 17.8 Å². The Labute approximate surface area is 92.2 Å². The van der Waals surface area contributed by atoms with E-state index in [1.165, 1.54) is 0 Å². The first-order chi connectivity index (χ1) is 7.72. The second-order valence-corrected chi connectivity index (χ2v) is 3.45. The van der Waals surface area contributed by atoms with Crippen LogP contribution in [-0.4, -0.2) is 30.1 Å². The van der Waals surface area contributed by atoms with E-state index in [1.54, 1.807) is 30.3 Å². The highest BCUT2D eigenvalue weighted by atomic mass is 16.5. The van der Waals surface area contributed by atoms with Crippen LogP contribution < -0.4 is 0 Å². The predicted molar refractivity (Wildman–Crippen MR) is 57.2 cm³/mol. The van der Waals surface area contributed by atoms with Gasteiger partial charge in [-0.2, -0.15) is 0 Å². The molecule has 1 unspecified atom stereocenters. The summed E-state index contributed by atoms with van der Waals surface area (Å²) in [6.07, 6.45) is 1.59. The summed E-state index contributed by atoms with van der Waals surface area (Å²) in [6.45, 7) is 0.307. The van der Waals surface area contributed by atoms with Gasteiger partial charge in [0.15, 0.2) is 6.10 Å². The lowest BCUT2D eigenvalue weighted by Crippen LogP contribution is -2.21. The van der Waals surface area contributed by atoms with Crippen LogP contribution in [0.2, 0.25) is 0 Å². The summed E-state index contributed by atoms with van der Waals surface area (Å²) < 4.78 is 5.08. The highest BCUT2D eigenvalue weighted by molar-refractivity contribution is 5.91. The third kappa shape index (κ3) is 1.87. The summed E-state index contributed by atoms with van der Waals surface area (Å²) in [4.78, 5) is 21.4. The number of carbonyl (C=O) groups is 2. The Kier molecular flexibility index (Phi) is 2.83. The van der Waals surface area contributed by atoms with E-state index >= 15 is 0 Å². The van der Waals surface area contributed by atoms with E-state index in [9.17, 15) is 9.59 Å². The molecule has 82 valence electrons. The van der Waals surface area contributed by atoms with Gasteiger partial charge in [-0.05, 0) is 11.1 Å². The van der Waals surface area contributed by atoms with Crippen LogP contribution >= 0.6 is 0 Å². The number of rotatable bonds is 3. The molecular formula is C12H10O4. The minimum absolute atomic E-state index is 0.307. The molecule has 0 aromatic heterocycles. The van der Waals surface area contributed by atoms with Gasteiger partial charge < -0.3 is 9.84 Å². The molecule has 1 heterocycles. The van der Waals surface area contributed by atoms with Crippen molar-refractivity contribution in [3.8, 4) is 0 Å². The smallest absolute Gasteiger partial charge is 0.337 e. The predicted octanol–water partition coefficient (Wildman–Crippen LogP) is 1.37. The summed E-state index contributed by atoms with van der Waals surface area (Å²) in [5, 5.41) is 8.92. The first-order valence-electron chi connectivity index (χ1n) is 4.82. The van der Waals surface area contributed by atoms with Crippen LogP contribution in [0.4, 0.5) is 0 Å². The fourth-order valence-electron chi connectivity index (χ4n) is 1.66. The third-order valence-electron chi connectivity index (χ3n) is 2.45. The van der Waals surface area contributed by atoms with Gasteiger partial charge in [0.25, 0.3) is 0 Å². The number of benzene rings is 1. The molecule has 0 spiro atoms. The molecule has 4 heteroatoms. The molecule has 1 aliphatic rings. The van der Waals surface area contributed by atoms with Crippen LogP contribution in [-0.2, 0) is 9.53 Å². The van der Waals surface area contributed by atoms with Crippen molar-refractivity contribution in [3.05, 3.63) is 41.5 Å². The van der Waals surface area contributed by atoms with Crippen LogP contribution in [0.25, 0.3) is 5.57 Å². The first kappa shape index (κ1) is 10.6. The van der Waals surface area contributed by atoms with Gasteiger partial charge >= 0.3 is 5.97 Å². The van der Waals surface area contributed by atoms with Crippen LogP contribution in [0.5, 0.6) is 0 Å². The second kappa shape index (κ2) is 4.28. The number of hydrogen-bond acceptors (Lipinski definition) is 3. The zero-order valence-corrected chi connectivity index (χ0v) is 8.42. The van der Waals surface area contributed by atoms with Gasteiger partial charge in [0.05, 0.1) is 6.61 Å². The molecule has 1 aromatic rings. The van der Waals surface area contributed by atoms with Crippen LogP contribution in [0.15, 0.2) is 30.3 Å². The van der Waals surface area contributed by atoms with E-state index in [-0.39, 0.29) is 0 Å². The van der Waals surface area contributed by atoms with Gasteiger partial charge in [-0.1, -0.05) is 30.3 Å². The third-order valence-corrected chi connectivity index (χ3v) is 2.45. The van der Waals surface area contributed by atoms with E-state index < -0.39 is 12.1 Å². The highest BCUT2D eigenvalue weighted by Crippen LogP contribution is 2.25. The summed E-state index contributed by atoms with van der Waals surface area (Å²) in [5.74, 6) is -0.997. The molecule has 0 aliphatic carbocycles. The average Bonchev–Trinajstić information content (AvgIpc) is 2.78. The Morgan fingerprint density at radius 1 is 1.38 bits per heavy atom. The number of carbonyl (C=O) groups excluding carboxylic acids is 1. The standard InChI is InChI=1S/C12H10O4/c13-7-8-1-3-9(4-2-8)10-5-6-16-11(10)12(14)15/h1-5,7,11H,6H2,(H,14,15). The minimum atomic E-state index is -0.997. The molecule has 1 aliphatic heterocycles. The minimum Gasteiger partial charge on any atom is -0.479 e. The molecule has 1 N–H and O–H groups in total. The molecule has 0 radical (unpaired) electrons. The van der Waals surface area contributed by atoms with Gasteiger partial charge in [0, 0.05) is 5.56 Å². The molecule has 4 nitrogen and oxygen atoms in total. The van der Waals surface area contributed by atoms with Crippen molar-refractivity contribution in [3.63, 3.8) is 0 Å². The zero-order chi connectivity index (χ0) is 11.5. The average molecular weight is 218 g/mol. The summed E-state index contributed by atoms with van der Waals surface area (Å²) >= 11 is 0. The molecule has 1 atom stereocenters. The van der Waals surface area contributed by atoms with Crippen LogP contribution in [0, 0.1) is 0 Å². The lowest BCUT2D eigenvalue weighted by atomic mass is 10.0. The largest absolute Gasteiger partial charge is 0.479 e. The maximum atomic E-state index is 10.9. The van der Waals surface area contributed by atoms with E-state index in [4.69, 9.17) is 9.84 Å². The topological polar surface area (TPSA) is 63.6 Å². The SMILES string of the molecule is O=Cc1ccc(C2=CCOC2C(=O)O)cc1. The Morgan fingerprint density at radius 2 is 2.06 bits per heavy atom. The van der Waals surface area contributed by atoms with E-state index in [1.807, 2.05) is 0 Å². The summed E-state index contributed by atoms with van der Waals surface area (Å²) in [7, 11) is 0. The van der Waals surface area contributed by atoms with E-state index in [0.29, 0.717) is 17.7 Å². The van der Waals surface area contributed by atoms with Gasteiger partial charge in [-0.15, -0.1) is 0 Å². The van der Waals surface area contributed by atoms with Crippen molar-refractivity contribution in [1.82, 2.24) is 0 Å². The van der Waals surface area contributed by atoms with Gasteiger partial charge in [0.2, 0.25) is 0 Å². The van der Waals surface area contributed by atoms with Gasteiger partial charge in [0.1, 0.15) is 6.29 Å². The van der Waals surface area contributed by atoms with Crippen LogP contribution in [0.1, 0.15) is 15.9 Å². The van der Waals surface area contributed by atoms with E-state index in [2.05, 4.69) is 0 Å². The van der Waals surface area contributed by atoms with Gasteiger partial charge in [-0.3, -0.25) is 4.79 Å². The Balaban J connectivity index is 2.29. The second-order valence-electron chi connectivity index (χ2n) is 3.45. The lowest BCUT2D eigenvalue weighted by molar-refractivity contribution is -0.145. The van der Waals surface area contributed by atoms with Crippen molar-refractivity contribution in [1.29, 1.82) is 0 Å². The molecule has 2 rings (SSSR count). The molecule has 0 saturated heterocycles. The first-order valence-corrected chi connectivity index (χ1v) is 4.82. The normalized spacial score (nSPS) is 19.2. The molecule has 1 aromatic carbocycles. The van der Waals surface area contributed by atoms with E-state index in [0.717, 1.165) is 11.8 Å². The Hall–Kier alpha value is -1.94. The van der Waals surface area contributed by atoms with Crippen molar-refractivity contribution < 1.29 is 19.4 Å². The van der Waals surface area contributed by atoms with Gasteiger partial charge in [-0.25, -0.2) is 4.79 Å². The molecule has 0 saturated carbocycles. The van der Waals surface area contributed by atoms with Crippen molar-refractivity contribution in [2.45, 2.75) is 6.10 Å². The molecule has 16 heavy (non-hydrogen) atoms. The number of aliphatic carboxylic acids is 1. The number of carboxylic acids is 1. The number of aldehydes is 1. The number of hydrogen-bond donors (Lipinski definition) is 1. The Morgan fingerprint density at radius 3 is 2.62 bits per heavy atom. The number of carboxylic acid groups (broad SMARTS) is 1. The highest BCUT2D eigenvalue weighted by Gasteiger charge is 2.27. The maximum Gasteiger partial charge on any atom is 0.337 e.